The highest BCUT2D eigenvalue weighted by atomic mass is 32.2. The van der Waals surface area contributed by atoms with Crippen LogP contribution in [-0.2, 0) is 24.3 Å². The van der Waals surface area contributed by atoms with Gasteiger partial charge in [-0.2, -0.15) is 0 Å². The highest BCUT2D eigenvalue weighted by Gasteiger charge is 2.15. The Labute approximate surface area is 158 Å². The van der Waals surface area contributed by atoms with Crippen molar-refractivity contribution in [3.05, 3.63) is 53.6 Å². The first-order valence-corrected chi connectivity index (χ1v) is 9.76. The molecule has 27 heavy (non-hydrogen) atoms. The molecule has 0 saturated carbocycles. The van der Waals surface area contributed by atoms with Gasteiger partial charge in [0.05, 0.1) is 18.4 Å². The molecule has 2 aromatic carbocycles. The third kappa shape index (κ3) is 5.82. The Hall–Kier alpha value is -2.87. The molecule has 1 amide bonds. The summed E-state index contributed by atoms with van der Waals surface area (Å²) in [5, 5.41) is 2.60. The van der Waals surface area contributed by atoms with Crippen LogP contribution in [0.15, 0.2) is 47.4 Å². The summed E-state index contributed by atoms with van der Waals surface area (Å²) in [5.74, 6) is -0.826. The van der Waals surface area contributed by atoms with Crippen molar-refractivity contribution < 1.29 is 22.7 Å². The standard InChI is InChI=1S/C19H22N2O5S/c1-13-4-5-16(12-14(13)2)21-27(24,25)17-8-6-15(7-9-17)20-18(22)10-11-19(23)26-3/h4-9,12,21H,10-11H2,1-3H3,(H,20,22). The molecular weight excluding hydrogens is 368 g/mol. The fraction of sp³-hybridized carbons (Fsp3) is 0.263. The predicted octanol–water partition coefficient (Wildman–Crippen LogP) is 3.00. The number of anilines is 2. The lowest BCUT2D eigenvalue weighted by Gasteiger charge is -2.11. The molecule has 0 aliphatic heterocycles. The van der Waals surface area contributed by atoms with Crippen molar-refractivity contribution in [3.8, 4) is 0 Å². The first kappa shape index (κ1) is 20.4. The van der Waals surface area contributed by atoms with E-state index >= 15 is 0 Å². The van der Waals surface area contributed by atoms with Crippen molar-refractivity contribution >= 4 is 33.3 Å². The Morgan fingerprint density at radius 3 is 2.15 bits per heavy atom. The van der Waals surface area contributed by atoms with E-state index in [2.05, 4.69) is 14.8 Å². The van der Waals surface area contributed by atoms with Gasteiger partial charge >= 0.3 is 5.97 Å². The van der Waals surface area contributed by atoms with E-state index in [4.69, 9.17) is 0 Å². The molecule has 0 heterocycles. The molecule has 0 saturated heterocycles. The van der Waals surface area contributed by atoms with Crippen molar-refractivity contribution in [2.45, 2.75) is 31.6 Å². The minimum Gasteiger partial charge on any atom is -0.469 e. The van der Waals surface area contributed by atoms with Gasteiger partial charge in [-0.3, -0.25) is 14.3 Å². The molecular formula is C19H22N2O5S. The maximum atomic E-state index is 12.5. The molecule has 0 unspecified atom stereocenters. The molecule has 0 atom stereocenters. The molecule has 8 heteroatoms. The van der Waals surface area contributed by atoms with Gasteiger partial charge in [-0.1, -0.05) is 6.07 Å². The van der Waals surface area contributed by atoms with Crippen LogP contribution in [0, 0.1) is 13.8 Å². The number of rotatable bonds is 7. The zero-order valence-electron chi connectivity index (χ0n) is 15.4. The highest BCUT2D eigenvalue weighted by molar-refractivity contribution is 7.92. The maximum Gasteiger partial charge on any atom is 0.306 e. The average Bonchev–Trinajstić information content (AvgIpc) is 2.63. The summed E-state index contributed by atoms with van der Waals surface area (Å²) >= 11 is 0. The Balaban J connectivity index is 2.03. The Bertz CT molecular complexity index is 937. The quantitative estimate of drug-likeness (QED) is 0.708. The van der Waals surface area contributed by atoms with Crippen LogP contribution in [0.1, 0.15) is 24.0 Å². The summed E-state index contributed by atoms with van der Waals surface area (Å²) in [6.45, 7) is 3.86. The summed E-state index contributed by atoms with van der Waals surface area (Å²) in [7, 11) is -2.48. The van der Waals surface area contributed by atoms with Gasteiger partial charge in [0.15, 0.2) is 0 Å². The number of aryl methyl sites for hydroxylation is 2. The van der Waals surface area contributed by atoms with Gasteiger partial charge in [-0.15, -0.1) is 0 Å². The van der Waals surface area contributed by atoms with Crippen molar-refractivity contribution in [2.75, 3.05) is 17.1 Å². The van der Waals surface area contributed by atoms with Gasteiger partial charge in [0.2, 0.25) is 5.91 Å². The summed E-state index contributed by atoms with van der Waals surface area (Å²) in [6.07, 6.45) is -0.0320. The fourth-order valence-corrected chi connectivity index (χ4v) is 3.33. The van der Waals surface area contributed by atoms with Crippen molar-refractivity contribution in [1.82, 2.24) is 0 Å². The van der Waals surface area contributed by atoms with Crippen LogP contribution >= 0.6 is 0 Å². The van der Waals surface area contributed by atoms with Crippen molar-refractivity contribution in [1.29, 1.82) is 0 Å². The molecule has 7 nitrogen and oxygen atoms in total. The number of nitrogens with one attached hydrogen (secondary N) is 2. The number of esters is 1. The van der Waals surface area contributed by atoms with Crippen LogP contribution in [0.25, 0.3) is 0 Å². The van der Waals surface area contributed by atoms with Crippen LogP contribution in [-0.4, -0.2) is 27.4 Å². The summed E-state index contributed by atoms with van der Waals surface area (Å²) in [6, 6.07) is 11.1. The lowest BCUT2D eigenvalue weighted by Crippen LogP contribution is -2.15. The van der Waals surface area contributed by atoms with E-state index < -0.39 is 16.0 Å². The first-order chi connectivity index (χ1) is 12.7. The fourth-order valence-electron chi connectivity index (χ4n) is 2.28. The van der Waals surface area contributed by atoms with Gasteiger partial charge in [0, 0.05) is 17.8 Å². The van der Waals surface area contributed by atoms with E-state index in [0.717, 1.165) is 11.1 Å². The molecule has 144 valence electrons. The number of hydrogen-bond acceptors (Lipinski definition) is 5. The Kier molecular flexibility index (Phi) is 6.57. The molecule has 0 aliphatic carbocycles. The second-order valence-corrected chi connectivity index (χ2v) is 7.74. The minimum atomic E-state index is -3.74. The molecule has 0 aromatic heterocycles. The summed E-state index contributed by atoms with van der Waals surface area (Å²) < 4.78 is 32.0. The summed E-state index contributed by atoms with van der Waals surface area (Å²) in [4.78, 5) is 22.9. The molecule has 2 rings (SSSR count). The number of methoxy groups -OCH3 is 1. The van der Waals surface area contributed by atoms with Gasteiger partial charge in [0.25, 0.3) is 10.0 Å². The Morgan fingerprint density at radius 2 is 1.56 bits per heavy atom. The predicted molar refractivity (Wildman–Crippen MR) is 103 cm³/mol. The van der Waals surface area contributed by atoms with E-state index in [-0.39, 0.29) is 23.6 Å². The smallest absolute Gasteiger partial charge is 0.306 e. The van der Waals surface area contributed by atoms with Gasteiger partial charge in [-0.25, -0.2) is 8.42 Å². The number of hydrogen-bond donors (Lipinski definition) is 2. The average molecular weight is 390 g/mol. The summed E-state index contributed by atoms with van der Waals surface area (Å²) in [5.41, 5.74) is 2.98. The molecule has 0 fully saturated rings. The second kappa shape index (κ2) is 8.68. The number of amides is 1. The van der Waals surface area contributed by atoms with E-state index in [1.807, 2.05) is 19.9 Å². The third-order valence-corrected chi connectivity index (χ3v) is 5.39. The van der Waals surface area contributed by atoms with E-state index in [1.165, 1.54) is 31.4 Å². The van der Waals surface area contributed by atoms with Crippen LogP contribution in [0.4, 0.5) is 11.4 Å². The zero-order chi connectivity index (χ0) is 20.0. The minimum absolute atomic E-state index is 0.0128. The first-order valence-electron chi connectivity index (χ1n) is 8.28. The largest absolute Gasteiger partial charge is 0.469 e. The van der Waals surface area contributed by atoms with Crippen molar-refractivity contribution in [2.24, 2.45) is 0 Å². The molecule has 0 spiro atoms. The van der Waals surface area contributed by atoms with Crippen LogP contribution in [0.2, 0.25) is 0 Å². The molecule has 2 N–H and O–H groups in total. The topological polar surface area (TPSA) is 102 Å². The highest BCUT2D eigenvalue weighted by Crippen LogP contribution is 2.20. The zero-order valence-corrected chi connectivity index (χ0v) is 16.2. The Morgan fingerprint density at radius 1 is 0.926 bits per heavy atom. The number of carbonyl (C=O) groups is 2. The molecule has 2 aromatic rings. The van der Waals surface area contributed by atoms with Crippen LogP contribution in [0.5, 0.6) is 0 Å². The van der Waals surface area contributed by atoms with Crippen LogP contribution < -0.4 is 10.0 Å². The number of sulfonamides is 1. The second-order valence-electron chi connectivity index (χ2n) is 6.05. The maximum absolute atomic E-state index is 12.5. The monoisotopic (exact) mass is 390 g/mol. The lowest BCUT2D eigenvalue weighted by atomic mass is 10.1. The normalized spacial score (nSPS) is 10.9. The third-order valence-electron chi connectivity index (χ3n) is 3.99. The molecule has 0 radical (unpaired) electrons. The lowest BCUT2D eigenvalue weighted by molar-refractivity contribution is -0.141. The van der Waals surface area contributed by atoms with Gasteiger partial charge < -0.3 is 10.1 Å². The number of ether oxygens (including phenoxy) is 1. The molecule has 0 aliphatic rings. The van der Waals surface area contributed by atoms with Gasteiger partial charge in [0.1, 0.15) is 0 Å². The van der Waals surface area contributed by atoms with E-state index in [1.54, 1.807) is 12.1 Å². The number of benzene rings is 2. The molecule has 0 bridgehead atoms. The van der Waals surface area contributed by atoms with E-state index in [9.17, 15) is 18.0 Å². The van der Waals surface area contributed by atoms with E-state index in [0.29, 0.717) is 11.4 Å². The van der Waals surface area contributed by atoms with Crippen molar-refractivity contribution in [3.63, 3.8) is 0 Å². The number of carbonyl (C=O) groups excluding carboxylic acids is 2. The van der Waals surface area contributed by atoms with Crippen LogP contribution in [0.3, 0.4) is 0 Å². The SMILES string of the molecule is COC(=O)CCC(=O)Nc1ccc(S(=O)(=O)Nc2ccc(C)c(C)c2)cc1. The van der Waals surface area contributed by atoms with Gasteiger partial charge in [-0.05, 0) is 61.4 Å².